The summed E-state index contributed by atoms with van der Waals surface area (Å²) in [4.78, 5) is 12.3. The Hall–Kier alpha value is -1.31. The molecule has 2 nitrogen and oxygen atoms in total. The maximum atomic E-state index is 12.3. The van der Waals surface area contributed by atoms with Crippen molar-refractivity contribution in [2.45, 2.75) is 59.3 Å². The van der Waals surface area contributed by atoms with Gasteiger partial charge in [0.25, 0.3) is 0 Å². The summed E-state index contributed by atoms with van der Waals surface area (Å²) in [6.45, 7) is 13.1. The number of nitrogens with one attached hydrogen (secondary N) is 1. The van der Waals surface area contributed by atoms with Crippen LogP contribution in [0.15, 0.2) is 18.2 Å². The Balaban J connectivity index is 2.52. The maximum Gasteiger partial charge on any atom is 0.232 e. The van der Waals surface area contributed by atoms with Crippen LogP contribution in [0.3, 0.4) is 0 Å². The van der Waals surface area contributed by atoms with E-state index in [1.807, 2.05) is 0 Å². The lowest BCUT2D eigenvalue weighted by molar-refractivity contribution is -0.119. The molecule has 0 saturated carbocycles. The topological polar surface area (TPSA) is 29.1 Å². The van der Waals surface area contributed by atoms with Crippen LogP contribution in [0.2, 0.25) is 0 Å². The van der Waals surface area contributed by atoms with Gasteiger partial charge in [-0.15, -0.1) is 0 Å². The van der Waals surface area contributed by atoms with Gasteiger partial charge in [-0.3, -0.25) is 4.79 Å². The van der Waals surface area contributed by atoms with Crippen molar-refractivity contribution >= 4 is 11.6 Å². The molecule has 1 atom stereocenters. The van der Waals surface area contributed by atoms with E-state index in [4.69, 9.17) is 0 Å². The van der Waals surface area contributed by atoms with Crippen molar-refractivity contribution in [1.82, 2.24) is 0 Å². The molecule has 0 fully saturated rings. The van der Waals surface area contributed by atoms with Crippen molar-refractivity contribution in [3.05, 3.63) is 29.3 Å². The molecule has 0 radical (unpaired) electrons. The fourth-order valence-electron chi connectivity index (χ4n) is 2.71. The summed E-state index contributed by atoms with van der Waals surface area (Å²) in [7, 11) is 0. The van der Waals surface area contributed by atoms with Crippen LogP contribution in [-0.4, -0.2) is 5.91 Å². The van der Waals surface area contributed by atoms with Gasteiger partial charge in [0.15, 0.2) is 0 Å². The van der Waals surface area contributed by atoms with E-state index in [0.29, 0.717) is 0 Å². The highest BCUT2D eigenvalue weighted by Gasteiger charge is 2.41. The first-order valence-electron chi connectivity index (χ1n) is 7.12. The van der Waals surface area contributed by atoms with Crippen LogP contribution in [0.1, 0.15) is 65.0 Å². The molecule has 0 aliphatic carbocycles. The minimum Gasteiger partial charge on any atom is -0.325 e. The van der Waals surface area contributed by atoms with Crippen LogP contribution in [0.25, 0.3) is 0 Å². The zero-order valence-corrected chi connectivity index (χ0v) is 12.9. The average Bonchev–Trinajstić information content (AvgIpc) is 2.63. The highest BCUT2D eigenvalue weighted by atomic mass is 16.2. The van der Waals surface area contributed by atoms with Crippen LogP contribution >= 0.6 is 0 Å². The van der Waals surface area contributed by atoms with Gasteiger partial charge in [0.05, 0.1) is 5.92 Å². The zero-order valence-electron chi connectivity index (χ0n) is 12.9. The molecule has 1 aliphatic rings. The minimum atomic E-state index is -0.0326. The first kappa shape index (κ1) is 14.1. The number of hydrogen-bond donors (Lipinski definition) is 1. The molecule has 1 heterocycles. The molecule has 104 valence electrons. The van der Waals surface area contributed by atoms with Crippen LogP contribution in [0.5, 0.6) is 0 Å². The monoisotopic (exact) mass is 259 g/mol. The molecule has 1 amide bonds. The third kappa shape index (κ3) is 2.41. The molecule has 0 aromatic heterocycles. The number of rotatable bonds is 2. The second-order valence-corrected chi connectivity index (χ2v) is 7.32. The molecule has 1 N–H and O–H groups in total. The average molecular weight is 259 g/mol. The lowest BCUT2D eigenvalue weighted by Gasteiger charge is -2.29. The summed E-state index contributed by atoms with van der Waals surface area (Å²) in [5.41, 5.74) is 3.56. The molecule has 1 unspecified atom stereocenters. The van der Waals surface area contributed by atoms with Crippen molar-refractivity contribution in [2.24, 2.45) is 5.41 Å². The maximum absolute atomic E-state index is 12.3. The molecule has 0 saturated heterocycles. The largest absolute Gasteiger partial charge is 0.325 e. The highest BCUT2D eigenvalue weighted by molar-refractivity contribution is 6.03. The Morgan fingerprint density at radius 2 is 1.79 bits per heavy atom. The van der Waals surface area contributed by atoms with Crippen LogP contribution in [0.4, 0.5) is 5.69 Å². The second-order valence-electron chi connectivity index (χ2n) is 7.32. The number of benzene rings is 1. The predicted octanol–water partition coefficient (Wildman–Crippen LogP) is 4.46. The van der Waals surface area contributed by atoms with Crippen LogP contribution < -0.4 is 5.32 Å². The molecule has 1 aliphatic heterocycles. The molecule has 2 heteroatoms. The van der Waals surface area contributed by atoms with E-state index >= 15 is 0 Å². The summed E-state index contributed by atoms with van der Waals surface area (Å²) < 4.78 is 0. The minimum absolute atomic E-state index is 0.00809. The van der Waals surface area contributed by atoms with E-state index in [0.717, 1.165) is 12.1 Å². The zero-order chi connectivity index (χ0) is 14.4. The molecule has 1 aromatic carbocycles. The van der Waals surface area contributed by atoms with E-state index < -0.39 is 0 Å². The van der Waals surface area contributed by atoms with Crippen LogP contribution in [0, 0.1) is 5.41 Å². The van der Waals surface area contributed by atoms with Gasteiger partial charge in [0, 0.05) is 5.69 Å². The lowest BCUT2D eigenvalue weighted by Crippen LogP contribution is -2.27. The van der Waals surface area contributed by atoms with Crippen molar-refractivity contribution in [1.29, 1.82) is 0 Å². The van der Waals surface area contributed by atoms with Gasteiger partial charge in [-0.25, -0.2) is 0 Å². The smallest absolute Gasteiger partial charge is 0.232 e. The Labute approximate surface area is 116 Å². The third-order valence-electron chi connectivity index (χ3n) is 4.44. The molecule has 2 rings (SSSR count). The summed E-state index contributed by atoms with van der Waals surface area (Å²) in [6.07, 6.45) is 0.990. The number of fused-ring (bicyclic) bond motifs is 1. The second kappa shape index (κ2) is 4.36. The van der Waals surface area contributed by atoms with Crippen molar-refractivity contribution < 1.29 is 4.79 Å². The van der Waals surface area contributed by atoms with E-state index in [2.05, 4.69) is 65.1 Å². The van der Waals surface area contributed by atoms with E-state index in [9.17, 15) is 4.79 Å². The molecule has 0 spiro atoms. The fraction of sp³-hybridized carbons (Fsp3) is 0.588. The lowest BCUT2D eigenvalue weighted by atomic mass is 9.73. The Kier molecular flexibility index (Phi) is 3.24. The van der Waals surface area contributed by atoms with Crippen molar-refractivity contribution in [3.63, 3.8) is 0 Å². The van der Waals surface area contributed by atoms with Gasteiger partial charge >= 0.3 is 0 Å². The number of carbonyl (C=O) groups excluding carboxylic acids is 1. The quantitative estimate of drug-likeness (QED) is 0.835. The number of amides is 1. The van der Waals surface area contributed by atoms with Gasteiger partial charge in [0.2, 0.25) is 5.91 Å². The first-order valence-corrected chi connectivity index (χ1v) is 7.12. The Morgan fingerprint density at radius 3 is 2.32 bits per heavy atom. The summed E-state index contributed by atoms with van der Waals surface area (Å²) in [6, 6.07) is 6.40. The van der Waals surface area contributed by atoms with Crippen molar-refractivity contribution in [2.75, 3.05) is 5.32 Å². The summed E-state index contributed by atoms with van der Waals surface area (Å²) in [5, 5.41) is 3.03. The first-order chi connectivity index (χ1) is 8.66. The third-order valence-corrected chi connectivity index (χ3v) is 4.44. The number of hydrogen-bond acceptors (Lipinski definition) is 1. The summed E-state index contributed by atoms with van der Waals surface area (Å²) in [5.74, 6) is 0.114. The molecule has 19 heavy (non-hydrogen) atoms. The van der Waals surface area contributed by atoms with Gasteiger partial charge in [-0.2, -0.15) is 0 Å². The number of carbonyl (C=O) groups is 1. The number of anilines is 1. The molecular formula is C17H25NO. The predicted molar refractivity (Wildman–Crippen MR) is 80.6 cm³/mol. The molecule has 0 bridgehead atoms. The standard InChI is InChI=1S/C17H25NO/c1-7-17(5,6)14-12-10-11(16(2,3)4)8-9-13(12)18-15(14)19/h8-10,14H,7H2,1-6H3,(H,18,19). The molecular weight excluding hydrogens is 234 g/mol. The van der Waals surface area contributed by atoms with Gasteiger partial charge in [-0.05, 0) is 34.4 Å². The Morgan fingerprint density at radius 1 is 1.16 bits per heavy atom. The van der Waals surface area contributed by atoms with Crippen molar-refractivity contribution in [3.8, 4) is 0 Å². The van der Waals surface area contributed by atoms with Gasteiger partial charge in [0.1, 0.15) is 0 Å². The SMILES string of the molecule is CCC(C)(C)C1C(=O)Nc2ccc(C(C)(C)C)cc21. The highest BCUT2D eigenvalue weighted by Crippen LogP contribution is 2.46. The van der Waals surface area contributed by atoms with E-state index in [1.54, 1.807) is 0 Å². The van der Waals surface area contributed by atoms with E-state index in [1.165, 1.54) is 11.1 Å². The van der Waals surface area contributed by atoms with Gasteiger partial charge < -0.3 is 5.32 Å². The van der Waals surface area contributed by atoms with Crippen LogP contribution in [-0.2, 0) is 10.2 Å². The van der Waals surface area contributed by atoms with Gasteiger partial charge in [-0.1, -0.05) is 53.7 Å². The molecule has 1 aromatic rings. The van der Waals surface area contributed by atoms with E-state index in [-0.39, 0.29) is 22.7 Å². The normalized spacial score (nSPS) is 19.3. The Bertz CT molecular complexity index is 508. The fourth-order valence-corrected chi connectivity index (χ4v) is 2.71. The summed E-state index contributed by atoms with van der Waals surface area (Å²) >= 11 is 0.